The number of allylic oxidation sites excluding steroid dienone is 4. The first kappa shape index (κ1) is 28.4. The maximum Gasteiger partial charge on any atom is 0.251 e. The number of carbonyl (C=O) groups is 1. The molecule has 0 bridgehead atoms. The van der Waals surface area contributed by atoms with Crippen molar-refractivity contribution < 1.29 is 15.0 Å². The molecule has 1 unspecified atom stereocenters. The van der Waals surface area contributed by atoms with E-state index in [1.807, 2.05) is 76.3 Å². The Bertz CT molecular complexity index is 1200. The number of nitrogens with one attached hydrogen (secondary N) is 1. The number of aliphatic hydroxyl groups excluding tert-OH is 2. The summed E-state index contributed by atoms with van der Waals surface area (Å²) in [5, 5.41) is 31.4. The molecule has 0 spiro atoms. The number of rotatable bonds is 11. The number of aryl methyl sites for hydroxylation is 1. The van der Waals surface area contributed by atoms with Crippen molar-refractivity contribution in [3.63, 3.8) is 0 Å². The number of aliphatic imine (C=N–C) groups is 1. The Morgan fingerprint density at radius 3 is 2.42 bits per heavy atom. The zero-order valence-corrected chi connectivity index (χ0v) is 21.5. The highest BCUT2D eigenvalue weighted by molar-refractivity contribution is 6.01. The number of amides is 1. The average molecular weight is 486 g/mol. The summed E-state index contributed by atoms with van der Waals surface area (Å²) in [7, 11) is 0. The van der Waals surface area contributed by atoms with E-state index in [9.17, 15) is 20.3 Å². The summed E-state index contributed by atoms with van der Waals surface area (Å²) in [5.41, 5.74) is 5.96. The number of hydrogen-bond donors (Lipinski definition) is 3. The zero-order chi connectivity index (χ0) is 26.5. The Kier molecular flexibility index (Phi) is 11.5. The van der Waals surface area contributed by atoms with Crippen LogP contribution in [-0.4, -0.2) is 41.1 Å². The van der Waals surface area contributed by atoms with Gasteiger partial charge in [0, 0.05) is 23.9 Å². The van der Waals surface area contributed by atoms with Gasteiger partial charge in [-0.25, -0.2) is 0 Å². The van der Waals surface area contributed by atoms with Gasteiger partial charge in [-0.3, -0.25) is 9.79 Å². The molecular weight excluding hydrogens is 450 g/mol. The highest BCUT2D eigenvalue weighted by atomic mass is 16.3. The van der Waals surface area contributed by atoms with Gasteiger partial charge in [-0.1, -0.05) is 54.6 Å². The summed E-state index contributed by atoms with van der Waals surface area (Å²) in [4.78, 5) is 17.5. The molecule has 2 aromatic carbocycles. The molecule has 2 rings (SSSR count). The van der Waals surface area contributed by atoms with E-state index in [1.165, 1.54) is 0 Å². The molecule has 3 N–H and O–H groups in total. The van der Waals surface area contributed by atoms with Gasteiger partial charge in [0.15, 0.2) is 0 Å². The Morgan fingerprint density at radius 2 is 1.83 bits per heavy atom. The number of nitrogens with zero attached hydrogens (tertiary/aromatic N) is 2. The van der Waals surface area contributed by atoms with Gasteiger partial charge in [-0.05, 0) is 74.9 Å². The van der Waals surface area contributed by atoms with Crippen LogP contribution in [0.2, 0.25) is 0 Å². The topological polar surface area (TPSA) is 106 Å². The molecule has 0 aromatic heterocycles. The summed E-state index contributed by atoms with van der Waals surface area (Å²) in [5.74, 6) is -0.270. The molecule has 0 aliphatic heterocycles. The van der Waals surface area contributed by atoms with Crippen molar-refractivity contribution in [2.75, 3.05) is 13.2 Å². The summed E-state index contributed by atoms with van der Waals surface area (Å²) < 4.78 is 0. The van der Waals surface area contributed by atoms with E-state index in [4.69, 9.17) is 4.99 Å². The van der Waals surface area contributed by atoms with Crippen molar-refractivity contribution >= 4 is 17.3 Å². The van der Waals surface area contributed by atoms with Crippen LogP contribution in [0.5, 0.6) is 0 Å². The zero-order valence-electron chi connectivity index (χ0n) is 21.5. The lowest BCUT2D eigenvalue weighted by Gasteiger charge is -2.18. The van der Waals surface area contributed by atoms with Gasteiger partial charge in [0.2, 0.25) is 0 Å². The van der Waals surface area contributed by atoms with E-state index in [2.05, 4.69) is 11.4 Å². The van der Waals surface area contributed by atoms with Gasteiger partial charge >= 0.3 is 0 Å². The monoisotopic (exact) mass is 485 g/mol. The Balaban J connectivity index is 2.16. The van der Waals surface area contributed by atoms with Crippen LogP contribution in [0.3, 0.4) is 0 Å². The molecular formula is C30H35N3O3. The van der Waals surface area contributed by atoms with Crippen LogP contribution in [0.25, 0.3) is 5.70 Å². The second kappa shape index (κ2) is 14.6. The van der Waals surface area contributed by atoms with Gasteiger partial charge in [-0.15, -0.1) is 0 Å². The van der Waals surface area contributed by atoms with Gasteiger partial charge in [0.25, 0.3) is 5.91 Å². The van der Waals surface area contributed by atoms with Gasteiger partial charge in [0.05, 0.1) is 23.9 Å². The number of carbonyl (C=O) groups excluding carboxylic acids is 1. The molecule has 0 aliphatic rings. The van der Waals surface area contributed by atoms with Crippen molar-refractivity contribution in [2.24, 2.45) is 4.99 Å². The molecule has 188 valence electrons. The van der Waals surface area contributed by atoms with Crippen LogP contribution in [0.4, 0.5) is 0 Å². The van der Waals surface area contributed by atoms with Crippen LogP contribution in [0.15, 0.2) is 77.3 Å². The van der Waals surface area contributed by atoms with E-state index in [1.54, 1.807) is 18.2 Å². The number of hydrogen-bond acceptors (Lipinski definition) is 5. The smallest absolute Gasteiger partial charge is 0.251 e. The average Bonchev–Trinajstić information content (AvgIpc) is 2.88. The van der Waals surface area contributed by atoms with Crippen molar-refractivity contribution in [3.8, 4) is 6.07 Å². The van der Waals surface area contributed by atoms with Crippen LogP contribution in [-0.2, 0) is 6.42 Å². The second-order valence-corrected chi connectivity index (χ2v) is 8.47. The van der Waals surface area contributed by atoms with Crippen molar-refractivity contribution in [1.29, 1.82) is 5.26 Å². The number of aliphatic hydroxyl groups is 2. The number of benzene rings is 2. The summed E-state index contributed by atoms with van der Waals surface area (Å²) in [6, 6.07) is 14.8. The molecule has 2 aromatic rings. The van der Waals surface area contributed by atoms with E-state index < -0.39 is 0 Å². The van der Waals surface area contributed by atoms with E-state index >= 15 is 0 Å². The van der Waals surface area contributed by atoms with E-state index in [0.29, 0.717) is 24.0 Å². The Morgan fingerprint density at radius 1 is 1.14 bits per heavy atom. The van der Waals surface area contributed by atoms with Crippen molar-refractivity contribution in [2.45, 2.75) is 46.6 Å². The molecule has 1 amide bonds. The minimum atomic E-state index is -0.270. The van der Waals surface area contributed by atoms with Crippen LogP contribution >= 0.6 is 0 Å². The molecule has 0 saturated carbocycles. The molecule has 36 heavy (non-hydrogen) atoms. The lowest BCUT2D eigenvalue weighted by Crippen LogP contribution is -2.37. The lowest BCUT2D eigenvalue weighted by molar-refractivity contribution is 0.0930. The fraction of sp³-hybridized carbons (Fsp3) is 0.300. The van der Waals surface area contributed by atoms with Gasteiger partial charge < -0.3 is 15.5 Å². The first-order chi connectivity index (χ1) is 17.4. The summed E-state index contributed by atoms with van der Waals surface area (Å²) in [6.45, 7) is 7.40. The highest BCUT2D eigenvalue weighted by Crippen LogP contribution is 2.19. The second-order valence-electron chi connectivity index (χ2n) is 8.47. The van der Waals surface area contributed by atoms with Crippen molar-refractivity contribution in [3.05, 3.63) is 100 Å². The fourth-order valence-corrected chi connectivity index (χ4v) is 3.68. The third kappa shape index (κ3) is 8.16. The Labute approximate surface area is 214 Å². The van der Waals surface area contributed by atoms with Gasteiger partial charge in [0.1, 0.15) is 0 Å². The molecule has 6 heteroatoms. The quantitative estimate of drug-likeness (QED) is 0.311. The largest absolute Gasteiger partial charge is 0.396 e. The molecule has 6 nitrogen and oxygen atoms in total. The predicted octanol–water partition coefficient (Wildman–Crippen LogP) is 4.91. The molecule has 0 fully saturated rings. The molecule has 1 atom stereocenters. The third-order valence-corrected chi connectivity index (χ3v) is 5.85. The van der Waals surface area contributed by atoms with Crippen LogP contribution in [0.1, 0.15) is 59.8 Å². The minimum Gasteiger partial charge on any atom is -0.396 e. The maximum atomic E-state index is 12.8. The van der Waals surface area contributed by atoms with Crippen LogP contribution in [0, 0.1) is 18.3 Å². The first-order valence-electron chi connectivity index (χ1n) is 12.0. The third-order valence-electron chi connectivity index (χ3n) is 5.85. The standard InChI is InChI=1S/C30H35N3O3/c1-5-7-8-26(20-35)22(4)32-29(6-2)24-13-10-23(11-14-24)17-28(15-16-34)33-30(36)25-12-9-21(3)27(18-25)19-31/h5-14,18,28,34-35H,15-17,20H2,1-4H3,(H,33,36)/b7-5-,26-8-,29-6-,32-22+. The first-order valence-corrected chi connectivity index (χ1v) is 12.0. The molecule has 0 saturated heterocycles. The molecule has 0 radical (unpaired) electrons. The van der Waals surface area contributed by atoms with Crippen molar-refractivity contribution in [1.82, 2.24) is 5.32 Å². The minimum absolute atomic E-state index is 0.0506. The maximum absolute atomic E-state index is 12.8. The molecule has 0 heterocycles. The number of nitriles is 1. The lowest BCUT2D eigenvalue weighted by atomic mass is 10.00. The van der Waals surface area contributed by atoms with E-state index in [0.717, 1.165) is 33.7 Å². The summed E-state index contributed by atoms with van der Waals surface area (Å²) in [6.07, 6.45) is 8.51. The highest BCUT2D eigenvalue weighted by Gasteiger charge is 2.15. The fourth-order valence-electron chi connectivity index (χ4n) is 3.68. The Hall–Kier alpha value is -3.79. The van der Waals surface area contributed by atoms with Gasteiger partial charge in [-0.2, -0.15) is 5.26 Å². The SMILES string of the molecule is C\C=C/C=C(CO)\C(C)=N\C(=C/C)c1ccc(CC(CCO)NC(=O)c2ccc(C)c(C#N)c2)cc1. The predicted molar refractivity (Wildman–Crippen MR) is 146 cm³/mol. The van der Waals surface area contributed by atoms with Crippen LogP contribution < -0.4 is 5.32 Å². The summed E-state index contributed by atoms with van der Waals surface area (Å²) >= 11 is 0. The molecule has 0 aliphatic carbocycles. The van der Waals surface area contributed by atoms with E-state index in [-0.39, 0.29) is 25.2 Å². The normalized spacial score (nSPS) is 13.5.